The fourth-order valence-electron chi connectivity index (χ4n) is 2.35. The highest BCUT2D eigenvalue weighted by atomic mass is 19.4. The molecule has 0 aliphatic carbocycles. The van der Waals surface area contributed by atoms with E-state index in [1.165, 1.54) is 6.07 Å². The van der Waals surface area contributed by atoms with Crippen molar-refractivity contribution in [3.8, 4) is 11.5 Å². The number of hydrogen-bond acceptors (Lipinski definition) is 2. The molecule has 0 radical (unpaired) electrons. The predicted molar refractivity (Wildman–Crippen MR) is 78.4 cm³/mol. The maximum atomic E-state index is 13.7. The smallest absolute Gasteiger partial charge is 0.460 e. The average molecular weight is 484 g/mol. The first-order chi connectivity index (χ1) is 13.7. The van der Waals surface area contributed by atoms with Gasteiger partial charge in [0.2, 0.25) is 0 Å². The molecular weight excluding hydrogens is 471 g/mol. The van der Waals surface area contributed by atoms with Crippen molar-refractivity contribution >= 4 is 0 Å². The maximum Gasteiger partial charge on any atom is 0.460 e. The van der Waals surface area contributed by atoms with Crippen molar-refractivity contribution in [2.45, 2.75) is 55.1 Å². The molecule has 0 heterocycles. The van der Waals surface area contributed by atoms with E-state index < -0.39 is 60.8 Å². The van der Waals surface area contributed by atoms with Gasteiger partial charge >= 0.3 is 35.8 Å². The summed E-state index contributed by atoms with van der Waals surface area (Å²) >= 11 is 0. The molecule has 0 unspecified atom stereocenters. The van der Waals surface area contributed by atoms with Crippen LogP contribution in [0.4, 0.5) is 57.1 Å². The Balaban J connectivity index is 3.14. The third kappa shape index (κ3) is 4.45. The summed E-state index contributed by atoms with van der Waals surface area (Å²) < 4.78 is 174. The van der Waals surface area contributed by atoms with Gasteiger partial charge in [0.05, 0.1) is 7.11 Å². The first-order valence-corrected chi connectivity index (χ1v) is 7.99. The van der Waals surface area contributed by atoms with Crippen LogP contribution in [0.3, 0.4) is 0 Å². The molecule has 15 heteroatoms. The van der Waals surface area contributed by atoms with Gasteiger partial charge in [-0.1, -0.05) is 0 Å². The Bertz CT molecular complexity index is 771. The number of phenolic OH excluding ortho intramolecular Hbond substituents is 1. The molecule has 0 saturated heterocycles. The molecule has 0 atom stereocenters. The van der Waals surface area contributed by atoms with Gasteiger partial charge in [-0.2, -0.15) is 57.1 Å². The first kappa shape index (κ1) is 26.9. The monoisotopic (exact) mass is 484 g/mol. The quantitative estimate of drug-likeness (QED) is 0.408. The van der Waals surface area contributed by atoms with Crippen molar-refractivity contribution in [1.82, 2.24) is 0 Å². The van der Waals surface area contributed by atoms with Gasteiger partial charge in [0.15, 0.2) is 0 Å². The number of aromatic hydroxyl groups is 1. The van der Waals surface area contributed by atoms with Gasteiger partial charge in [-0.25, -0.2) is 0 Å². The van der Waals surface area contributed by atoms with Gasteiger partial charge in [-0.15, -0.1) is 0 Å². The van der Waals surface area contributed by atoms with E-state index in [1.54, 1.807) is 0 Å². The van der Waals surface area contributed by atoms with Gasteiger partial charge in [-0.05, 0) is 36.6 Å². The van der Waals surface area contributed by atoms with E-state index in [9.17, 15) is 62.2 Å². The highest BCUT2D eigenvalue weighted by Crippen LogP contribution is 2.60. The Kier molecular flexibility index (Phi) is 7.05. The number of halogens is 13. The Morgan fingerprint density at radius 3 is 1.68 bits per heavy atom. The molecule has 1 rings (SSSR count). The van der Waals surface area contributed by atoms with Gasteiger partial charge in [-0.3, -0.25) is 0 Å². The lowest BCUT2D eigenvalue weighted by atomic mass is 9.91. The zero-order valence-electron chi connectivity index (χ0n) is 15.1. The zero-order chi connectivity index (χ0) is 24.7. The van der Waals surface area contributed by atoms with Crippen molar-refractivity contribution in [2.24, 2.45) is 0 Å². The van der Waals surface area contributed by atoms with Crippen LogP contribution in [0.1, 0.15) is 18.4 Å². The van der Waals surface area contributed by atoms with Gasteiger partial charge < -0.3 is 9.84 Å². The van der Waals surface area contributed by atoms with E-state index in [4.69, 9.17) is 4.74 Å². The number of aryl methyl sites for hydroxylation is 1. The molecule has 0 aliphatic rings. The maximum absolute atomic E-state index is 13.7. The number of phenols is 1. The normalized spacial score (nSPS) is 14.6. The molecule has 0 bridgehead atoms. The highest BCUT2D eigenvalue weighted by Gasteiger charge is 2.90. The van der Waals surface area contributed by atoms with Crippen LogP contribution in [0.25, 0.3) is 0 Å². The molecule has 0 fully saturated rings. The minimum Gasteiger partial charge on any atom is -0.508 e. The largest absolute Gasteiger partial charge is 0.508 e. The number of alkyl halides is 13. The fraction of sp³-hybridized carbons (Fsp3) is 0.625. The molecule has 31 heavy (non-hydrogen) atoms. The van der Waals surface area contributed by atoms with Crippen LogP contribution in [-0.2, 0) is 6.42 Å². The minimum absolute atomic E-state index is 0.0606. The molecule has 0 aromatic heterocycles. The van der Waals surface area contributed by atoms with E-state index >= 15 is 0 Å². The lowest BCUT2D eigenvalue weighted by Gasteiger charge is -2.39. The van der Waals surface area contributed by atoms with Gasteiger partial charge in [0, 0.05) is 6.42 Å². The number of hydrogen-bond donors (Lipinski definition) is 1. The number of rotatable bonds is 9. The summed E-state index contributed by atoms with van der Waals surface area (Å²) in [7, 11) is 1.16. The van der Waals surface area contributed by atoms with Crippen molar-refractivity contribution in [2.75, 3.05) is 7.11 Å². The second-order valence-electron chi connectivity index (χ2n) is 6.35. The van der Waals surface area contributed by atoms with Crippen LogP contribution >= 0.6 is 0 Å². The third-order valence-electron chi connectivity index (χ3n) is 4.22. The summed E-state index contributed by atoms with van der Waals surface area (Å²) in [5.74, 6) is -37.4. The zero-order valence-corrected chi connectivity index (χ0v) is 15.1. The molecule has 0 saturated carbocycles. The van der Waals surface area contributed by atoms with Gasteiger partial charge in [0.25, 0.3) is 0 Å². The molecule has 0 amide bonds. The van der Waals surface area contributed by atoms with Crippen molar-refractivity contribution in [3.05, 3.63) is 23.8 Å². The summed E-state index contributed by atoms with van der Waals surface area (Å²) in [6.07, 6.45) is -11.6. The number of ether oxygens (including phenoxy) is 1. The number of benzene rings is 1. The van der Waals surface area contributed by atoms with Gasteiger partial charge in [0.1, 0.15) is 11.5 Å². The second-order valence-corrected chi connectivity index (χ2v) is 6.35. The van der Waals surface area contributed by atoms with Crippen LogP contribution in [0.2, 0.25) is 0 Å². The van der Waals surface area contributed by atoms with E-state index in [-0.39, 0.29) is 11.3 Å². The highest BCUT2D eigenvalue weighted by molar-refractivity contribution is 5.39. The minimum atomic E-state index is -7.91. The Morgan fingerprint density at radius 1 is 0.742 bits per heavy atom. The second kappa shape index (κ2) is 8.11. The lowest BCUT2D eigenvalue weighted by molar-refractivity contribution is -0.440. The summed E-state index contributed by atoms with van der Waals surface area (Å²) in [6.45, 7) is 0. The standard InChI is InChI=1S/C16H13F13O2/c1-31-9-4-5-10(30)8(7-9)3-2-6-11(17,18)12(19,20)13(21,22)14(23,24)15(25,26)16(27,28)29/h4-5,7,30H,2-3,6H2,1H3. The van der Waals surface area contributed by atoms with E-state index in [0.717, 1.165) is 19.2 Å². The van der Waals surface area contributed by atoms with Crippen LogP contribution in [0, 0.1) is 0 Å². The Morgan fingerprint density at radius 2 is 1.23 bits per heavy atom. The van der Waals surface area contributed by atoms with Crippen molar-refractivity contribution < 1.29 is 66.9 Å². The van der Waals surface area contributed by atoms with E-state index in [1.807, 2.05) is 0 Å². The summed E-state index contributed by atoms with van der Waals surface area (Å²) in [5, 5.41) is 9.52. The fourth-order valence-corrected chi connectivity index (χ4v) is 2.35. The molecule has 0 spiro atoms. The SMILES string of the molecule is COc1ccc(O)c(CCCC(F)(F)C(F)(F)C(F)(F)C(F)(F)C(F)(F)C(F)(F)F)c1. The Hall–Kier alpha value is -2.09. The average Bonchev–Trinajstić information content (AvgIpc) is 2.61. The van der Waals surface area contributed by atoms with E-state index in [2.05, 4.69) is 0 Å². The molecular formula is C16H13F13O2. The predicted octanol–water partition coefficient (Wildman–Crippen LogP) is 6.46. The molecule has 1 aromatic rings. The first-order valence-electron chi connectivity index (χ1n) is 7.99. The van der Waals surface area contributed by atoms with Crippen LogP contribution in [-0.4, -0.2) is 48.0 Å². The molecule has 1 aromatic carbocycles. The molecule has 2 nitrogen and oxygen atoms in total. The van der Waals surface area contributed by atoms with Crippen molar-refractivity contribution in [3.63, 3.8) is 0 Å². The topological polar surface area (TPSA) is 29.5 Å². The summed E-state index contributed by atoms with van der Waals surface area (Å²) in [4.78, 5) is 0. The third-order valence-corrected chi connectivity index (χ3v) is 4.22. The van der Waals surface area contributed by atoms with Crippen LogP contribution in [0.15, 0.2) is 18.2 Å². The summed E-state index contributed by atoms with van der Waals surface area (Å²) in [6, 6.07) is 3.23. The Labute approximate surface area is 165 Å². The van der Waals surface area contributed by atoms with E-state index in [0.29, 0.717) is 0 Å². The van der Waals surface area contributed by atoms with Crippen molar-refractivity contribution in [1.29, 1.82) is 0 Å². The molecule has 180 valence electrons. The summed E-state index contributed by atoms with van der Waals surface area (Å²) in [5.41, 5.74) is -0.209. The van der Waals surface area contributed by atoms with Crippen LogP contribution in [0.5, 0.6) is 11.5 Å². The van der Waals surface area contributed by atoms with Crippen LogP contribution < -0.4 is 4.74 Å². The molecule has 1 N–H and O–H groups in total. The molecule has 0 aliphatic heterocycles. The number of methoxy groups -OCH3 is 1. The lowest BCUT2D eigenvalue weighted by Crippen LogP contribution is -2.70.